The molecule has 2 rings (SSSR count). The predicted molar refractivity (Wildman–Crippen MR) is 58.0 cm³/mol. The molecule has 18 heavy (non-hydrogen) atoms. The van der Waals surface area contributed by atoms with E-state index in [1.807, 2.05) is 0 Å². The van der Waals surface area contributed by atoms with Gasteiger partial charge in [0, 0.05) is 6.07 Å². The summed E-state index contributed by atoms with van der Waals surface area (Å²) >= 11 is 0. The Labute approximate surface area is 102 Å². The van der Waals surface area contributed by atoms with Crippen molar-refractivity contribution < 1.29 is 23.4 Å². The van der Waals surface area contributed by atoms with Crippen molar-refractivity contribution in [3.63, 3.8) is 0 Å². The fourth-order valence-corrected chi connectivity index (χ4v) is 1.66. The molecule has 1 saturated heterocycles. The zero-order valence-electron chi connectivity index (χ0n) is 9.32. The van der Waals surface area contributed by atoms with Crippen molar-refractivity contribution in [2.45, 2.75) is 18.5 Å². The molecule has 2 atom stereocenters. The van der Waals surface area contributed by atoms with E-state index in [1.54, 1.807) is 0 Å². The average molecular weight is 258 g/mol. The van der Waals surface area contributed by atoms with Crippen LogP contribution in [0, 0.1) is 11.6 Å². The molecule has 0 aromatic heterocycles. The molecular weight excluding hydrogens is 246 g/mol. The number of hydrogen-bond acceptors (Lipinski definition) is 4. The van der Waals surface area contributed by atoms with Crippen molar-refractivity contribution in [3.8, 4) is 5.75 Å². The van der Waals surface area contributed by atoms with Gasteiger partial charge in [-0.05, 0) is 18.6 Å². The molecule has 5 nitrogen and oxygen atoms in total. The van der Waals surface area contributed by atoms with Crippen LogP contribution in [0.25, 0.3) is 0 Å². The molecule has 0 aliphatic carbocycles. The topological polar surface area (TPSA) is 70.6 Å². The SMILES string of the molecule is O=C(O)C1CC(COc2ccc(F)c(F)c2)NN1. The third-order valence-corrected chi connectivity index (χ3v) is 2.62. The number of carbonyl (C=O) groups is 1. The van der Waals surface area contributed by atoms with Crippen molar-refractivity contribution in [3.05, 3.63) is 29.8 Å². The summed E-state index contributed by atoms with van der Waals surface area (Å²) in [5.41, 5.74) is 5.36. The highest BCUT2D eigenvalue weighted by Gasteiger charge is 2.29. The number of halogens is 2. The molecule has 0 amide bonds. The van der Waals surface area contributed by atoms with Gasteiger partial charge < -0.3 is 9.84 Å². The van der Waals surface area contributed by atoms with Gasteiger partial charge in [0.2, 0.25) is 0 Å². The Morgan fingerprint density at radius 2 is 2.17 bits per heavy atom. The summed E-state index contributed by atoms with van der Waals surface area (Å²) in [5.74, 6) is -2.66. The second kappa shape index (κ2) is 5.28. The van der Waals surface area contributed by atoms with Crippen LogP contribution < -0.4 is 15.6 Å². The van der Waals surface area contributed by atoms with Gasteiger partial charge in [-0.1, -0.05) is 0 Å². The van der Waals surface area contributed by atoms with Gasteiger partial charge >= 0.3 is 5.97 Å². The van der Waals surface area contributed by atoms with Gasteiger partial charge in [-0.3, -0.25) is 10.2 Å². The van der Waals surface area contributed by atoms with Crippen LogP contribution in [-0.2, 0) is 4.79 Å². The molecule has 3 N–H and O–H groups in total. The lowest BCUT2D eigenvalue weighted by atomic mass is 10.1. The number of rotatable bonds is 4. The number of aliphatic carboxylic acids is 1. The van der Waals surface area contributed by atoms with E-state index in [-0.39, 0.29) is 18.4 Å². The molecule has 1 fully saturated rings. The number of ether oxygens (including phenoxy) is 1. The summed E-state index contributed by atoms with van der Waals surface area (Å²) in [6.07, 6.45) is 0.360. The van der Waals surface area contributed by atoms with Crippen LogP contribution in [0.2, 0.25) is 0 Å². The number of nitrogens with one attached hydrogen (secondary N) is 2. The average Bonchev–Trinajstić information content (AvgIpc) is 2.79. The Morgan fingerprint density at radius 3 is 2.78 bits per heavy atom. The third-order valence-electron chi connectivity index (χ3n) is 2.62. The summed E-state index contributed by atoms with van der Waals surface area (Å²) in [6, 6.07) is 2.38. The van der Waals surface area contributed by atoms with Crippen LogP contribution in [0.4, 0.5) is 8.78 Å². The Kier molecular flexibility index (Phi) is 3.73. The molecule has 1 aromatic carbocycles. The maximum Gasteiger partial charge on any atom is 0.322 e. The lowest BCUT2D eigenvalue weighted by Crippen LogP contribution is -2.38. The zero-order chi connectivity index (χ0) is 13.1. The highest BCUT2D eigenvalue weighted by atomic mass is 19.2. The highest BCUT2D eigenvalue weighted by Crippen LogP contribution is 2.16. The fourth-order valence-electron chi connectivity index (χ4n) is 1.66. The zero-order valence-corrected chi connectivity index (χ0v) is 9.32. The Bertz CT molecular complexity index is 456. The van der Waals surface area contributed by atoms with Crippen LogP contribution >= 0.6 is 0 Å². The molecule has 0 radical (unpaired) electrons. The maximum atomic E-state index is 12.9. The predicted octanol–water partition coefficient (Wildman–Crippen LogP) is 0.663. The van der Waals surface area contributed by atoms with Crippen LogP contribution in [0.1, 0.15) is 6.42 Å². The van der Waals surface area contributed by atoms with Gasteiger partial charge in [-0.25, -0.2) is 14.2 Å². The summed E-state index contributed by atoms with van der Waals surface area (Å²) < 4.78 is 30.8. The van der Waals surface area contributed by atoms with Crippen molar-refractivity contribution in [1.29, 1.82) is 0 Å². The number of benzene rings is 1. The number of carboxylic acids is 1. The summed E-state index contributed by atoms with van der Waals surface area (Å²) in [6.45, 7) is 0.169. The lowest BCUT2D eigenvalue weighted by molar-refractivity contribution is -0.139. The Hall–Kier alpha value is -1.73. The molecule has 0 saturated carbocycles. The maximum absolute atomic E-state index is 12.9. The number of hydrogen-bond donors (Lipinski definition) is 3. The molecule has 1 aliphatic rings. The first-order chi connectivity index (χ1) is 8.56. The van der Waals surface area contributed by atoms with Crippen molar-refractivity contribution >= 4 is 5.97 Å². The molecule has 0 spiro atoms. The van der Waals surface area contributed by atoms with Gasteiger partial charge in [-0.15, -0.1) is 0 Å². The van der Waals surface area contributed by atoms with E-state index in [2.05, 4.69) is 10.9 Å². The standard InChI is InChI=1S/C11H12F2N2O3/c12-8-2-1-7(4-9(8)13)18-5-6-3-10(11(16)17)15-14-6/h1-2,4,6,10,14-15H,3,5H2,(H,16,17). The Balaban J connectivity index is 1.85. The second-order valence-corrected chi connectivity index (χ2v) is 4.00. The largest absolute Gasteiger partial charge is 0.492 e. The van der Waals surface area contributed by atoms with Crippen LogP contribution in [0.15, 0.2) is 18.2 Å². The molecular formula is C11H12F2N2O3. The quantitative estimate of drug-likeness (QED) is 0.740. The minimum Gasteiger partial charge on any atom is -0.492 e. The molecule has 1 aromatic rings. The molecule has 7 heteroatoms. The first kappa shape index (κ1) is 12.7. The van der Waals surface area contributed by atoms with Crippen molar-refractivity contribution in [2.75, 3.05) is 6.61 Å². The van der Waals surface area contributed by atoms with Crippen LogP contribution in [-0.4, -0.2) is 29.8 Å². The molecule has 1 aliphatic heterocycles. The normalized spacial score (nSPS) is 23.0. The fraction of sp³-hybridized carbons (Fsp3) is 0.364. The van der Waals surface area contributed by atoms with Gasteiger partial charge in [-0.2, -0.15) is 0 Å². The minimum atomic E-state index is -0.978. The van der Waals surface area contributed by atoms with Gasteiger partial charge in [0.25, 0.3) is 0 Å². The van der Waals surface area contributed by atoms with Gasteiger partial charge in [0.15, 0.2) is 11.6 Å². The van der Waals surface area contributed by atoms with Crippen molar-refractivity contribution in [1.82, 2.24) is 10.9 Å². The van der Waals surface area contributed by atoms with E-state index in [0.717, 1.165) is 12.1 Å². The van der Waals surface area contributed by atoms with E-state index in [0.29, 0.717) is 6.42 Å². The summed E-state index contributed by atoms with van der Waals surface area (Å²) in [5, 5.41) is 8.75. The van der Waals surface area contributed by atoms with Gasteiger partial charge in [0.1, 0.15) is 18.4 Å². The molecule has 0 bridgehead atoms. The molecule has 2 unspecified atom stereocenters. The van der Waals surface area contributed by atoms with E-state index in [1.165, 1.54) is 6.07 Å². The smallest absolute Gasteiger partial charge is 0.322 e. The third kappa shape index (κ3) is 2.93. The lowest BCUT2D eigenvalue weighted by Gasteiger charge is -2.11. The molecule has 98 valence electrons. The van der Waals surface area contributed by atoms with E-state index >= 15 is 0 Å². The monoisotopic (exact) mass is 258 g/mol. The van der Waals surface area contributed by atoms with E-state index in [9.17, 15) is 13.6 Å². The molecule has 1 heterocycles. The van der Waals surface area contributed by atoms with Crippen LogP contribution in [0.3, 0.4) is 0 Å². The minimum absolute atomic E-state index is 0.169. The summed E-state index contributed by atoms with van der Waals surface area (Å²) in [4.78, 5) is 10.7. The van der Waals surface area contributed by atoms with E-state index < -0.39 is 23.6 Å². The first-order valence-electron chi connectivity index (χ1n) is 5.38. The first-order valence-corrected chi connectivity index (χ1v) is 5.38. The van der Waals surface area contributed by atoms with Gasteiger partial charge in [0.05, 0.1) is 6.04 Å². The number of hydrazine groups is 1. The Morgan fingerprint density at radius 1 is 1.39 bits per heavy atom. The number of carboxylic acid groups (broad SMARTS) is 1. The summed E-state index contributed by atoms with van der Waals surface area (Å²) in [7, 11) is 0. The van der Waals surface area contributed by atoms with E-state index in [4.69, 9.17) is 9.84 Å². The van der Waals surface area contributed by atoms with Crippen LogP contribution in [0.5, 0.6) is 5.75 Å². The highest BCUT2D eigenvalue weighted by molar-refractivity contribution is 5.73. The van der Waals surface area contributed by atoms with Crippen molar-refractivity contribution in [2.24, 2.45) is 0 Å². The second-order valence-electron chi connectivity index (χ2n) is 4.00.